The predicted molar refractivity (Wildman–Crippen MR) is 93.7 cm³/mol. The van der Waals surface area contributed by atoms with Crippen LogP contribution in [0.1, 0.15) is 63.7 Å². The standard InChI is InChI=1S/C19H29N3O3/c1-3-21-13-11-20-17(21)16-6-4-5-12-22(16)18(23)14-7-9-15(10-8-14)19(24)25-2/h11,13-16H,3-10,12H2,1-2H3/t14?,15?,16-/m1/s1. The SMILES string of the molecule is CCn1ccnc1[C@H]1CCCCN1C(=O)C1CCC(C(=O)OC)CC1. The number of carbonyl (C=O) groups is 2. The van der Waals surface area contributed by atoms with Gasteiger partial charge in [0.2, 0.25) is 5.91 Å². The molecule has 1 aliphatic heterocycles. The maximum absolute atomic E-state index is 13.2. The Hall–Kier alpha value is -1.85. The fraction of sp³-hybridized carbons (Fsp3) is 0.737. The maximum Gasteiger partial charge on any atom is 0.308 e. The number of imidazole rings is 1. The number of hydrogen-bond donors (Lipinski definition) is 0. The van der Waals surface area contributed by atoms with Crippen molar-refractivity contribution in [1.29, 1.82) is 0 Å². The van der Waals surface area contributed by atoms with Gasteiger partial charge in [0, 0.05) is 31.4 Å². The van der Waals surface area contributed by atoms with Crippen LogP contribution >= 0.6 is 0 Å². The third-order valence-corrected chi connectivity index (χ3v) is 5.78. The van der Waals surface area contributed by atoms with E-state index in [0.717, 1.165) is 63.9 Å². The van der Waals surface area contributed by atoms with Crippen molar-refractivity contribution in [1.82, 2.24) is 14.5 Å². The molecule has 25 heavy (non-hydrogen) atoms. The van der Waals surface area contributed by atoms with Crippen LogP contribution in [0, 0.1) is 11.8 Å². The van der Waals surface area contributed by atoms with E-state index in [2.05, 4.69) is 21.4 Å². The molecule has 1 aromatic rings. The average Bonchev–Trinajstić information content (AvgIpc) is 3.15. The topological polar surface area (TPSA) is 64.4 Å². The fourth-order valence-corrected chi connectivity index (χ4v) is 4.33. The number of esters is 1. The summed E-state index contributed by atoms with van der Waals surface area (Å²) in [7, 11) is 1.44. The van der Waals surface area contributed by atoms with Crippen molar-refractivity contribution < 1.29 is 14.3 Å². The van der Waals surface area contributed by atoms with Crippen LogP contribution in [0.2, 0.25) is 0 Å². The molecule has 6 heteroatoms. The first kappa shape index (κ1) is 18.0. The van der Waals surface area contributed by atoms with E-state index in [0.29, 0.717) is 0 Å². The van der Waals surface area contributed by atoms with Gasteiger partial charge in [0.25, 0.3) is 0 Å². The van der Waals surface area contributed by atoms with Crippen molar-refractivity contribution in [2.75, 3.05) is 13.7 Å². The van der Waals surface area contributed by atoms with Gasteiger partial charge in [-0.2, -0.15) is 0 Å². The normalized spacial score (nSPS) is 27.1. The molecule has 0 N–H and O–H groups in total. The van der Waals surface area contributed by atoms with E-state index in [1.165, 1.54) is 7.11 Å². The number of carbonyl (C=O) groups excluding carboxylic acids is 2. The van der Waals surface area contributed by atoms with Gasteiger partial charge in [0.05, 0.1) is 19.1 Å². The van der Waals surface area contributed by atoms with Crippen molar-refractivity contribution in [3.63, 3.8) is 0 Å². The highest BCUT2D eigenvalue weighted by atomic mass is 16.5. The monoisotopic (exact) mass is 347 g/mol. The second-order valence-electron chi connectivity index (χ2n) is 7.19. The Morgan fingerprint density at radius 2 is 1.88 bits per heavy atom. The molecule has 3 rings (SSSR count). The summed E-state index contributed by atoms with van der Waals surface area (Å²) in [5.74, 6) is 1.13. The molecule has 1 saturated carbocycles. The molecule has 2 heterocycles. The van der Waals surface area contributed by atoms with Crippen molar-refractivity contribution in [3.05, 3.63) is 18.2 Å². The first-order valence-electron chi connectivity index (χ1n) is 9.55. The Bertz CT molecular complexity index is 605. The molecule has 0 aromatic carbocycles. The Morgan fingerprint density at radius 3 is 2.56 bits per heavy atom. The van der Waals surface area contributed by atoms with E-state index >= 15 is 0 Å². The number of aryl methyl sites for hydroxylation is 1. The predicted octanol–water partition coefficient (Wildman–Crippen LogP) is 2.94. The lowest BCUT2D eigenvalue weighted by molar-refractivity contribution is -0.149. The molecular weight excluding hydrogens is 318 g/mol. The van der Waals surface area contributed by atoms with Crippen LogP contribution in [0.15, 0.2) is 12.4 Å². The smallest absolute Gasteiger partial charge is 0.308 e. The van der Waals surface area contributed by atoms with E-state index in [9.17, 15) is 9.59 Å². The van der Waals surface area contributed by atoms with E-state index in [1.807, 2.05) is 12.4 Å². The first-order chi connectivity index (χ1) is 12.2. The van der Waals surface area contributed by atoms with Crippen LogP contribution in [0.4, 0.5) is 0 Å². The average molecular weight is 347 g/mol. The van der Waals surface area contributed by atoms with Crippen LogP contribution in [-0.2, 0) is 20.9 Å². The lowest BCUT2D eigenvalue weighted by Crippen LogP contribution is -2.44. The molecule has 1 atom stereocenters. The zero-order chi connectivity index (χ0) is 17.8. The minimum absolute atomic E-state index is 0.0338. The first-order valence-corrected chi connectivity index (χ1v) is 9.55. The van der Waals surface area contributed by atoms with Crippen molar-refractivity contribution in [3.8, 4) is 0 Å². The van der Waals surface area contributed by atoms with Gasteiger partial charge in [-0.15, -0.1) is 0 Å². The van der Waals surface area contributed by atoms with Crippen LogP contribution < -0.4 is 0 Å². The maximum atomic E-state index is 13.2. The molecule has 2 aliphatic rings. The number of nitrogens with zero attached hydrogens (tertiary/aromatic N) is 3. The summed E-state index contributed by atoms with van der Waals surface area (Å²) in [4.78, 5) is 31.5. The third-order valence-electron chi connectivity index (χ3n) is 5.78. The molecule has 1 amide bonds. The molecule has 0 unspecified atom stereocenters. The van der Waals surface area contributed by atoms with Crippen LogP contribution in [0.3, 0.4) is 0 Å². The second-order valence-corrected chi connectivity index (χ2v) is 7.19. The minimum atomic E-state index is -0.133. The lowest BCUT2D eigenvalue weighted by Gasteiger charge is -2.39. The van der Waals surface area contributed by atoms with Gasteiger partial charge >= 0.3 is 5.97 Å². The Balaban J connectivity index is 1.69. The highest BCUT2D eigenvalue weighted by Gasteiger charge is 2.37. The van der Waals surface area contributed by atoms with Crippen molar-refractivity contribution >= 4 is 11.9 Å². The largest absolute Gasteiger partial charge is 0.469 e. The summed E-state index contributed by atoms with van der Waals surface area (Å²) in [6, 6.07) is 0.0922. The second kappa shape index (κ2) is 8.02. The summed E-state index contributed by atoms with van der Waals surface area (Å²) >= 11 is 0. The molecule has 1 aliphatic carbocycles. The minimum Gasteiger partial charge on any atom is -0.469 e. The summed E-state index contributed by atoms with van der Waals surface area (Å²) in [6.45, 7) is 3.80. The lowest BCUT2D eigenvalue weighted by atomic mass is 9.81. The Labute approximate surface area is 149 Å². The van der Waals surface area contributed by atoms with Crippen molar-refractivity contribution in [2.24, 2.45) is 11.8 Å². The molecule has 6 nitrogen and oxygen atoms in total. The number of hydrogen-bond acceptors (Lipinski definition) is 4. The Kier molecular flexibility index (Phi) is 5.76. The van der Waals surface area contributed by atoms with Gasteiger partial charge < -0.3 is 14.2 Å². The van der Waals surface area contributed by atoms with Crippen LogP contribution in [0.5, 0.6) is 0 Å². The van der Waals surface area contributed by atoms with E-state index < -0.39 is 0 Å². The zero-order valence-electron chi connectivity index (χ0n) is 15.3. The molecular formula is C19H29N3O3. The highest BCUT2D eigenvalue weighted by Crippen LogP contribution is 2.36. The van der Waals surface area contributed by atoms with Gasteiger partial charge in [-0.3, -0.25) is 9.59 Å². The molecule has 0 radical (unpaired) electrons. The quantitative estimate of drug-likeness (QED) is 0.786. The number of rotatable bonds is 4. The number of piperidine rings is 1. The molecule has 2 fully saturated rings. The van der Waals surface area contributed by atoms with E-state index in [1.54, 1.807) is 0 Å². The molecule has 1 saturated heterocycles. The molecule has 1 aromatic heterocycles. The fourth-order valence-electron chi connectivity index (χ4n) is 4.33. The van der Waals surface area contributed by atoms with Gasteiger partial charge in [0.1, 0.15) is 5.82 Å². The van der Waals surface area contributed by atoms with Crippen LogP contribution in [-0.4, -0.2) is 40.0 Å². The molecule has 0 spiro atoms. The number of ether oxygens (including phenoxy) is 1. The number of amides is 1. The van der Waals surface area contributed by atoms with Crippen LogP contribution in [0.25, 0.3) is 0 Å². The summed E-state index contributed by atoms with van der Waals surface area (Å²) in [5, 5.41) is 0. The van der Waals surface area contributed by atoms with Gasteiger partial charge in [-0.1, -0.05) is 0 Å². The Morgan fingerprint density at radius 1 is 1.16 bits per heavy atom. The summed E-state index contributed by atoms with van der Waals surface area (Å²) in [5.41, 5.74) is 0. The number of likely N-dealkylation sites (tertiary alicyclic amines) is 1. The van der Waals surface area contributed by atoms with Gasteiger partial charge in [-0.05, 0) is 51.9 Å². The molecule has 138 valence electrons. The van der Waals surface area contributed by atoms with Crippen molar-refractivity contribution in [2.45, 2.75) is 64.5 Å². The van der Waals surface area contributed by atoms with E-state index in [-0.39, 0.29) is 29.8 Å². The van der Waals surface area contributed by atoms with Gasteiger partial charge in [0.15, 0.2) is 0 Å². The third kappa shape index (κ3) is 3.72. The summed E-state index contributed by atoms with van der Waals surface area (Å²) in [6.07, 6.45) is 10.1. The van der Waals surface area contributed by atoms with E-state index in [4.69, 9.17) is 4.74 Å². The zero-order valence-corrected chi connectivity index (χ0v) is 15.3. The molecule has 0 bridgehead atoms. The number of methoxy groups -OCH3 is 1. The highest BCUT2D eigenvalue weighted by molar-refractivity contribution is 5.80. The number of aromatic nitrogens is 2. The van der Waals surface area contributed by atoms with Gasteiger partial charge in [-0.25, -0.2) is 4.98 Å². The summed E-state index contributed by atoms with van der Waals surface area (Å²) < 4.78 is 6.99.